The van der Waals surface area contributed by atoms with E-state index < -0.39 is 35.0 Å². The predicted molar refractivity (Wildman–Crippen MR) is 110 cm³/mol. The largest absolute Gasteiger partial charge is 0.494 e. The third-order valence-electron chi connectivity index (χ3n) is 5.30. The van der Waals surface area contributed by atoms with Crippen LogP contribution in [-0.4, -0.2) is 34.8 Å². The molecule has 166 valence electrons. The highest BCUT2D eigenvalue weighted by Crippen LogP contribution is 2.44. The molecule has 1 aliphatic heterocycles. The molecule has 1 aliphatic rings. The van der Waals surface area contributed by atoms with Gasteiger partial charge in [-0.1, -0.05) is 18.2 Å². The SMILES string of the molecule is COc1ccc2c(c1OC)C(=O)O[C@@H]2c1c(O)n(CCc2ccc(F)cc2)c(=O)[nH]c1=O. The number of hydrogen-bond donors (Lipinski definition) is 2. The van der Waals surface area contributed by atoms with Crippen LogP contribution in [0.1, 0.15) is 33.2 Å². The lowest BCUT2D eigenvalue weighted by Gasteiger charge is -2.16. The number of aromatic hydroxyl groups is 1. The standard InChI is InChI=1S/C22H19FN2O7/c1-30-14-8-7-13-15(18(14)31-2)21(28)32-17(13)16-19(26)24-22(29)25(20(16)27)10-9-11-3-5-12(23)6-4-11/h3-8,17,27H,9-10H2,1-2H3,(H,24,26,29)/t17-/m0/s1. The molecule has 3 aromatic rings. The van der Waals surface area contributed by atoms with Crippen LogP contribution in [0.15, 0.2) is 46.0 Å². The first-order valence-electron chi connectivity index (χ1n) is 9.62. The third kappa shape index (κ3) is 3.49. The monoisotopic (exact) mass is 442 g/mol. The number of methoxy groups -OCH3 is 2. The van der Waals surface area contributed by atoms with E-state index in [2.05, 4.69) is 4.98 Å². The van der Waals surface area contributed by atoms with E-state index in [0.717, 1.165) is 10.1 Å². The number of carbonyl (C=O) groups excluding carboxylic acids is 1. The first-order valence-corrected chi connectivity index (χ1v) is 9.62. The smallest absolute Gasteiger partial charge is 0.343 e. The number of carbonyl (C=O) groups is 1. The maximum atomic E-state index is 13.1. The van der Waals surface area contributed by atoms with E-state index in [1.54, 1.807) is 18.2 Å². The van der Waals surface area contributed by atoms with Gasteiger partial charge in [0, 0.05) is 12.1 Å². The Kier molecular flexibility index (Phi) is 5.43. The van der Waals surface area contributed by atoms with Gasteiger partial charge in [-0.2, -0.15) is 0 Å². The van der Waals surface area contributed by atoms with Crippen LogP contribution in [0, 0.1) is 5.82 Å². The van der Waals surface area contributed by atoms with E-state index >= 15 is 0 Å². The topological polar surface area (TPSA) is 120 Å². The third-order valence-corrected chi connectivity index (χ3v) is 5.30. The van der Waals surface area contributed by atoms with Crippen molar-refractivity contribution in [2.45, 2.75) is 19.1 Å². The molecular formula is C22H19FN2O7. The Balaban J connectivity index is 1.77. The number of H-pyrrole nitrogens is 1. The summed E-state index contributed by atoms with van der Waals surface area (Å²) in [6.45, 7) is -0.000460. The van der Waals surface area contributed by atoms with Gasteiger partial charge in [0.25, 0.3) is 5.56 Å². The van der Waals surface area contributed by atoms with Crippen molar-refractivity contribution in [1.29, 1.82) is 0 Å². The molecule has 2 aromatic carbocycles. The molecule has 0 saturated carbocycles. The van der Waals surface area contributed by atoms with Gasteiger partial charge in [-0.3, -0.25) is 14.3 Å². The number of aromatic amines is 1. The summed E-state index contributed by atoms with van der Waals surface area (Å²) in [4.78, 5) is 39.6. The number of cyclic esters (lactones) is 1. The van der Waals surface area contributed by atoms with Crippen molar-refractivity contribution < 1.29 is 28.5 Å². The lowest BCUT2D eigenvalue weighted by Crippen LogP contribution is -2.34. The molecule has 2 heterocycles. The molecule has 10 heteroatoms. The highest BCUT2D eigenvalue weighted by atomic mass is 19.1. The summed E-state index contributed by atoms with van der Waals surface area (Å²) in [7, 11) is 2.77. The van der Waals surface area contributed by atoms with Gasteiger partial charge in [-0.25, -0.2) is 14.0 Å². The molecule has 9 nitrogen and oxygen atoms in total. The van der Waals surface area contributed by atoms with Crippen LogP contribution < -0.4 is 20.7 Å². The maximum absolute atomic E-state index is 13.1. The molecule has 0 amide bonds. The molecule has 0 unspecified atom stereocenters. The Morgan fingerprint density at radius 1 is 1.09 bits per heavy atom. The fourth-order valence-corrected chi connectivity index (χ4v) is 3.73. The van der Waals surface area contributed by atoms with E-state index in [-0.39, 0.29) is 35.4 Å². The number of halogens is 1. The van der Waals surface area contributed by atoms with E-state index in [0.29, 0.717) is 5.75 Å². The predicted octanol–water partition coefficient (Wildman–Crippen LogP) is 1.90. The van der Waals surface area contributed by atoms with Crippen molar-refractivity contribution in [3.05, 3.63) is 85.3 Å². The average Bonchev–Trinajstić information content (AvgIpc) is 3.10. The molecule has 0 fully saturated rings. The Labute approximate surface area is 180 Å². The molecule has 0 radical (unpaired) electrons. The summed E-state index contributed by atoms with van der Waals surface area (Å²) in [5.41, 5.74) is -0.916. The van der Waals surface area contributed by atoms with E-state index in [4.69, 9.17) is 14.2 Å². The van der Waals surface area contributed by atoms with E-state index in [1.807, 2.05) is 0 Å². The zero-order chi connectivity index (χ0) is 23.0. The number of hydrogen-bond acceptors (Lipinski definition) is 7. The fourth-order valence-electron chi connectivity index (χ4n) is 3.73. The number of fused-ring (bicyclic) bond motifs is 1. The van der Waals surface area contributed by atoms with Crippen molar-refractivity contribution in [2.24, 2.45) is 0 Å². The number of benzene rings is 2. The minimum atomic E-state index is -1.25. The minimum Gasteiger partial charge on any atom is -0.494 e. The van der Waals surface area contributed by atoms with E-state index in [1.165, 1.54) is 32.4 Å². The first-order chi connectivity index (χ1) is 15.3. The van der Waals surface area contributed by atoms with Gasteiger partial charge in [0.15, 0.2) is 17.6 Å². The summed E-state index contributed by atoms with van der Waals surface area (Å²) in [5, 5.41) is 10.8. The van der Waals surface area contributed by atoms with Gasteiger partial charge in [-0.05, 0) is 30.2 Å². The van der Waals surface area contributed by atoms with Crippen LogP contribution >= 0.6 is 0 Å². The van der Waals surface area contributed by atoms with Crippen molar-refractivity contribution in [1.82, 2.24) is 9.55 Å². The minimum absolute atomic E-state index is 0.000460. The molecule has 1 aromatic heterocycles. The number of ether oxygens (including phenoxy) is 3. The lowest BCUT2D eigenvalue weighted by molar-refractivity contribution is 0.0446. The summed E-state index contributed by atoms with van der Waals surface area (Å²) in [6, 6.07) is 8.75. The van der Waals surface area contributed by atoms with Crippen LogP contribution in [0.4, 0.5) is 4.39 Å². The average molecular weight is 442 g/mol. The molecular weight excluding hydrogens is 423 g/mol. The fraction of sp³-hybridized carbons (Fsp3) is 0.227. The highest BCUT2D eigenvalue weighted by molar-refractivity contribution is 5.98. The molecule has 1 atom stereocenters. The van der Waals surface area contributed by atoms with Crippen molar-refractivity contribution in [3.8, 4) is 17.4 Å². The van der Waals surface area contributed by atoms with Crippen LogP contribution in [-0.2, 0) is 17.7 Å². The van der Waals surface area contributed by atoms with E-state index in [9.17, 15) is 23.9 Å². The zero-order valence-electron chi connectivity index (χ0n) is 17.2. The Morgan fingerprint density at radius 2 is 1.81 bits per heavy atom. The summed E-state index contributed by atoms with van der Waals surface area (Å²) >= 11 is 0. The second kappa shape index (κ2) is 8.22. The van der Waals surface area contributed by atoms with Gasteiger partial charge >= 0.3 is 11.7 Å². The summed E-state index contributed by atoms with van der Waals surface area (Å²) in [5.74, 6) is -1.34. The number of rotatable bonds is 6. The number of aryl methyl sites for hydroxylation is 1. The Bertz CT molecular complexity index is 1310. The maximum Gasteiger partial charge on any atom is 0.343 e. The van der Waals surface area contributed by atoms with Gasteiger partial charge in [0.05, 0.1) is 14.2 Å². The molecule has 0 aliphatic carbocycles. The van der Waals surface area contributed by atoms with Crippen LogP contribution in [0.2, 0.25) is 0 Å². The van der Waals surface area contributed by atoms with Crippen molar-refractivity contribution >= 4 is 5.97 Å². The van der Waals surface area contributed by atoms with Gasteiger partial charge in [0.1, 0.15) is 16.9 Å². The molecule has 4 rings (SSSR count). The number of nitrogens with zero attached hydrogens (tertiary/aromatic N) is 1. The summed E-state index contributed by atoms with van der Waals surface area (Å²) in [6.07, 6.45) is -0.968. The van der Waals surface area contributed by atoms with Crippen LogP contribution in [0.3, 0.4) is 0 Å². The number of nitrogens with one attached hydrogen (secondary N) is 1. The van der Waals surface area contributed by atoms with Crippen molar-refractivity contribution in [3.63, 3.8) is 0 Å². The second-order valence-corrected chi connectivity index (χ2v) is 7.08. The molecule has 2 N–H and O–H groups in total. The Hall–Kier alpha value is -4.08. The molecule has 0 bridgehead atoms. The zero-order valence-corrected chi connectivity index (χ0v) is 17.2. The molecule has 0 saturated heterocycles. The molecule has 32 heavy (non-hydrogen) atoms. The number of aromatic nitrogens is 2. The second-order valence-electron chi connectivity index (χ2n) is 7.08. The van der Waals surface area contributed by atoms with Crippen molar-refractivity contribution in [2.75, 3.05) is 14.2 Å². The highest BCUT2D eigenvalue weighted by Gasteiger charge is 2.40. The van der Waals surface area contributed by atoms with Gasteiger partial charge < -0.3 is 19.3 Å². The lowest BCUT2D eigenvalue weighted by atomic mass is 9.99. The van der Waals surface area contributed by atoms with Crippen LogP contribution in [0.5, 0.6) is 17.4 Å². The molecule has 0 spiro atoms. The van der Waals surface area contributed by atoms with Crippen LogP contribution in [0.25, 0.3) is 0 Å². The van der Waals surface area contributed by atoms with Gasteiger partial charge in [0.2, 0.25) is 5.88 Å². The summed E-state index contributed by atoms with van der Waals surface area (Å²) < 4.78 is 29.9. The quantitative estimate of drug-likeness (QED) is 0.560. The normalized spacial score (nSPS) is 14.7. The number of esters is 1. The van der Waals surface area contributed by atoms with Gasteiger partial charge in [-0.15, -0.1) is 0 Å². The Morgan fingerprint density at radius 3 is 2.47 bits per heavy atom. The first kappa shape index (κ1) is 21.2.